The Bertz CT molecular complexity index is 1140. The van der Waals surface area contributed by atoms with Crippen molar-refractivity contribution >= 4 is 17.9 Å². The average Bonchev–Trinajstić information content (AvgIpc) is 4.05. The molecule has 0 radical (unpaired) electrons. The number of ether oxygens (including phenoxy) is 4. The Labute approximate surface area is 395 Å². The van der Waals surface area contributed by atoms with Gasteiger partial charge in [0.2, 0.25) is 0 Å². The van der Waals surface area contributed by atoms with Crippen LogP contribution in [0.3, 0.4) is 0 Å². The molecule has 0 spiro atoms. The summed E-state index contributed by atoms with van der Waals surface area (Å²) >= 11 is 0. The second kappa shape index (κ2) is 47.1. The third-order valence-electron chi connectivity index (χ3n) is 12.5. The van der Waals surface area contributed by atoms with E-state index in [0.717, 1.165) is 103 Å². The quantitative estimate of drug-likeness (QED) is 0.0197. The number of carbonyl (C=O) groups excluding carboxylic acids is 3. The molecule has 0 saturated carbocycles. The fourth-order valence-corrected chi connectivity index (χ4v) is 8.20. The normalized spacial score (nSPS) is 15.4. The highest BCUT2D eigenvalue weighted by Crippen LogP contribution is 2.30. The van der Waals surface area contributed by atoms with E-state index in [9.17, 15) is 14.4 Å². The molecule has 3 unspecified atom stereocenters. The summed E-state index contributed by atoms with van der Waals surface area (Å²) < 4.78 is 22.6. The van der Waals surface area contributed by atoms with Gasteiger partial charge in [-0.15, -0.1) is 0 Å². The van der Waals surface area contributed by atoms with Gasteiger partial charge < -0.3 is 18.9 Å². The standard InChI is InChI=1S/C57H102O7/c1-4-7-10-12-14-16-18-20-22-24-26-28-33-37-42-47-55(58)61-50-52(63-57(60)49-44-39-35-29-27-25-23-21-19-17-15-13-11-8-5-2)51-62-56(59)48-43-38-34-31-30-32-36-41-46-54-53(64-54)45-40-9-6-3/h20-23,36,41,52-54H,4-19,24-35,37-40,42-51H2,1-3H3/b22-20-,23-21-,41-36+. The maximum atomic E-state index is 12.8. The lowest BCUT2D eigenvalue weighted by Crippen LogP contribution is -2.30. The molecule has 64 heavy (non-hydrogen) atoms. The van der Waals surface area contributed by atoms with Gasteiger partial charge in [0.05, 0.1) is 12.2 Å². The van der Waals surface area contributed by atoms with Crippen molar-refractivity contribution in [2.24, 2.45) is 0 Å². The predicted molar refractivity (Wildman–Crippen MR) is 270 cm³/mol. The van der Waals surface area contributed by atoms with E-state index < -0.39 is 6.10 Å². The smallest absolute Gasteiger partial charge is 0.306 e. The fourth-order valence-electron chi connectivity index (χ4n) is 8.20. The molecule has 7 nitrogen and oxygen atoms in total. The lowest BCUT2D eigenvalue weighted by atomic mass is 10.1. The Morgan fingerprint density at radius 3 is 1.12 bits per heavy atom. The first-order chi connectivity index (χ1) is 31.5. The number of carbonyl (C=O) groups is 3. The van der Waals surface area contributed by atoms with Gasteiger partial charge in [-0.3, -0.25) is 14.4 Å². The molecule has 1 saturated heterocycles. The number of rotatable bonds is 49. The largest absolute Gasteiger partial charge is 0.462 e. The Balaban J connectivity index is 2.28. The van der Waals surface area contributed by atoms with Crippen LogP contribution < -0.4 is 0 Å². The first-order valence-corrected chi connectivity index (χ1v) is 27.6. The summed E-state index contributed by atoms with van der Waals surface area (Å²) in [4.78, 5) is 38.1. The molecule has 372 valence electrons. The lowest BCUT2D eigenvalue weighted by Gasteiger charge is -2.18. The van der Waals surface area contributed by atoms with Crippen molar-refractivity contribution in [3.8, 4) is 0 Å². The summed E-state index contributed by atoms with van der Waals surface area (Å²) in [7, 11) is 0. The number of hydrogen-bond donors (Lipinski definition) is 0. The van der Waals surface area contributed by atoms with Crippen LogP contribution in [-0.2, 0) is 33.3 Å². The molecule has 0 bridgehead atoms. The van der Waals surface area contributed by atoms with Gasteiger partial charge in [0.15, 0.2) is 6.10 Å². The van der Waals surface area contributed by atoms with Crippen LogP contribution in [0.25, 0.3) is 0 Å². The minimum absolute atomic E-state index is 0.0863. The third kappa shape index (κ3) is 42.2. The van der Waals surface area contributed by atoms with Crippen molar-refractivity contribution in [3.05, 3.63) is 36.5 Å². The van der Waals surface area contributed by atoms with Gasteiger partial charge in [0.1, 0.15) is 13.2 Å². The predicted octanol–water partition coefficient (Wildman–Crippen LogP) is 17.1. The highest BCUT2D eigenvalue weighted by atomic mass is 16.6. The van der Waals surface area contributed by atoms with Crippen LogP contribution >= 0.6 is 0 Å². The Hall–Kier alpha value is -2.41. The van der Waals surface area contributed by atoms with Crippen LogP contribution in [-0.4, -0.2) is 49.4 Å². The zero-order valence-electron chi connectivity index (χ0n) is 42.3. The number of epoxide rings is 1. The Kier molecular flexibility index (Phi) is 43.9. The SMILES string of the molecule is CCCCCCCC/C=C\CCCCCCCC(=O)OCC(COC(=O)CCCCCCC/C=C/CC1OC1CCCCC)OC(=O)CCCCCCC/C=C\CCCCCCCC. The topological polar surface area (TPSA) is 91.4 Å². The van der Waals surface area contributed by atoms with Gasteiger partial charge in [-0.2, -0.15) is 0 Å². The lowest BCUT2D eigenvalue weighted by molar-refractivity contribution is -0.167. The van der Waals surface area contributed by atoms with E-state index in [1.165, 1.54) is 135 Å². The van der Waals surface area contributed by atoms with E-state index in [1.54, 1.807) is 0 Å². The number of allylic oxidation sites excluding steroid dienone is 5. The monoisotopic (exact) mass is 899 g/mol. The van der Waals surface area contributed by atoms with Gasteiger partial charge in [-0.1, -0.05) is 198 Å². The summed E-state index contributed by atoms with van der Waals surface area (Å²) in [5.74, 6) is -0.911. The molecule has 7 heteroatoms. The highest BCUT2D eigenvalue weighted by Gasteiger charge is 2.36. The van der Waals surface area contributed by atoms with Gasteiger partial charge in [0, 0.05) is 19.3 Å². The molecule has 0 aromatic heterocycles. The Morgan fingerprint density at radius 2 is 0.719 bits per heavy atom. The summed E-state index contributed by atoms with van der Waals surface area (Å²) in [5.41, 5.74) is 0. The van der Waals surface area contributed by atoms with E-state index in [0.29, 0.717) is 31.5 Å². The summed E-state index contributed by atoms with van der Waals surface area (Å²) in [5, 5.41) is 0. The van der Waals surface area contributed by atoms with E-state index in [1.807, 2.05) is 0 Å². The van der Waals surface area contributed by atoms with Crippen molar-refractivity contribution in [2.45, 2.75) is 296 Å². The Morgan fingerprint density at radius 1 is 0.391 bits per heavy atom. The second-order valence-electron chi connectivity index (χ2n) is 18.9. The van der Waals surface area contributed by atoms with Crippen LogP contribution in [0.15, 0.2) is 36.5 Å². The van der Waals surface area contributed by atoms with Crippen LogP contribution in [0.2, 0.25) is 0 Å². The second-order valence-corrected chi connectivity index (χ2v) is 18.9. The minimum Gasteiger partial charge on any atom is -0.462 e. The maximum Gasteiger partial charge on any atom is 0.306 e. The van der Waals surface area contributed by atoms with Crippen molar-refractivity contribution in [3.63, 3.8) is 0 Å². The number of unbranched alkanes of at least 4 members (excludes halogenated alkanes) is 29. The molecule has 0 aliphatic carbocycles. The number of esters is 3. The molecule has 0 amide bonds. The highest BCUT2D eigenvalue weighted by molar-refractivity contribution is 5.71. The summed E-state index contributed by atoms with van der Waals surface area (Å²) in [6.07, 6.45) is 58.6. The molecular weight excluding hydrogens is 797 g/mol. The molecule has 1 aliphatic heterocycles. The first-order valence-electron chi connectivity index (χ1n) is 27.6. The van der Waals surface area contributed by atoms with E-state index in [-0.39, 0.29) is 31.1 Å². The van der Waals surface area contributed by atoms with Gasteiger partial charge >= 0.3 is 17.9 Å². The average molecular weight is 899 g/mol. The first kappa shape index (κ1) is 59.6. The molecule has 0 N–H and O–H groups in total. The minimum atomic E-state index is -0.788. The van der Waals surface area contributed by atoms with Gasteiger partial charge in [-0.25, -0.2) is 0 Å². The van der Waals surface area contributed by atoms with E-state index in [2.05, 4.69) is 57.2 Å². The van der Waals surface area contributed by atoms with Crippen LogP contribution in [0.1, 0.15) is 278 Å². The molecule has 1 rings (SSSR count). The molecule has 1 aliphatic rings. The van der Waals surface area contributed by atoms with Gasteiger partial charge in [-0.05, 0) is 96.3 Å². The molecular formula is C57H102O7. The van der Waals surface area contributed by atoms with Crippen molar-refractivity contribution < 1.29 is 33.3 Å². The fraction of sp³-hybridized carbons (Fsp3) is 0.842. The van der Waals surface area contributed by atoms with E-state index >= 15 is 0 Å². The number of hydrogen-bond acceptors (Lipinski definition) is 7. The zero-order chi connectivity index (χ0) is 46.2. The summed E-state index contributed by atoms with van der Waals surface area (Å²) in [6, 6.07) is 0. The molecule has 3 atom stereocenters. The van der Waals surface area contributed by atoms with E-state index in [4.69, 9.17) is 18.9 Å². The third-order valence-corrected chi connectivity index (χ3v) is 12.5. The maximum absolute atomic E-state index is 12.8. The molecule has 0 aromatic rings. The van der Waals surface area contributed by atoms with Crippen LogP contribution in [0.5, 0.6) is 0 Å². The zero-order valence-corrected chi connectivity index (χ0v) is 42.3. The van der Waals surface area contributed by atoms with Crippen molar-refractivity contribution in [1.82, 2.24) is 0 Å². The molecule has 0 aromatic carbocycles. The molecule has 1 heterocycles. The van der Waals surface area contributed by atoms with Gasteiger partial charge in [0.25, 0.3) is 0 Å². The van der Waals surface area contributed by atoms with Crippen LogP contribution in [0, 0.1) is 0 Å². The molecule has 1 fully saturated rings. The summed E-state index contributed by atoms with van der Waals surface area (Å²) in [6.45, 7) is 6.59. The van der Waals surface area contributed by atoms with Crippen molar-refractivity contribution in [1.29, 1.82) is 0 Å². The van der Waals surface area contributed by atoms with Crippen LogP contribution in [0.4, 0.5) is 0 Å². The van der Waals surface area contributed by atoms with Crippen molar-refractivity contribution in [2.75, 3.05) is 13.2 Å².